The molecule has 2 aliphatic heterocycles. The van der Waals surface area contributed by atoms with Crippen LogP contribution in [0, 0.1) is 34.4 Å². The number of nitrogens with zero attached hydrogens (tertiary/aromatic N) is 3. The van der Waals surface area contributed by atoms with E-state index < -0.39 is 44.2 Å². The number of alkyl carbamates (subject to hydrolysis) is 1. The monoisotopic (exact) mass is 450 g/mol. The third kappa shape index (κ3) is 3.17. The number of fused-ring (bicyclic) bond motifs is 1. The Bertz CT molecular complexity index is 1140. The van der Waals surface area contributed by atoms with Gasteiger partial charge in [-0.1, -0.05) is 11.6 Å². The molecule has 2 heterocycles. The lowest BCUT2D eigenvalue weighted by molar-refractivity contribution is -0.0723. The van der Waals surface area contributed by atoms with E-state index in [0.717, 1.165) is 18.2 Å². The lowest BCUT2D eigenvalue weighted by Gasteiger charge is -2.34. The molecule has 3 aliphatic rings. The molecule has 1 aliphatic carbocycles. The Kier molecular flexibility index (Phi) is 4.68. The lowest BCUT2D eigenvalue weighted by atomic mass is 9.97. The topological polar surface area (TPSA) is 123 Å². The van der Waals surface area contributed by atoms with E-state index in [-0.39, 0.29) is 22.9 Å². The van der Waals surface area contributed by atoms with Gasteiger partial charge in [0.2, 0.25) is 5.72 Å². The van der Waals surface area contributed by atoms with Crippen molar-refractivity contribution in [1.29, 1.82) is 10.5 Å². The number of carbonyl (C=O) groups is 1. The predicted molar refractivity (Wildman–Crippen MR) is 102 cm³/mol. The van der Waals surface area contributed by atoms with Crippen LogP contribution in [0.5, 0.6) is 0 Å². The summed E-state index contributed by atoms with van der Waals surface area (Å²) in [6.07, 6.45) is 2.99. The molecule has 0 bridgehead atoms. The molecule has 1 aromatic rings. The molecule has 1 amide bonds. The highest BCUT2D eigenvalue weighted by Crippen LogP contribution is 2.46. The number of ether oxygens (including phenoxy) is 1. The van der Waals surface area contributed by atoms with E-state index in [9.17, 15) is 22.9 Å². The first-order valence-corrected chi connectivity index (χ1v) is 11.0. The summed E-state index contributed by atoms with van der Waals surface area (Å²) in [6, 6.07) is 7.06. The minimum atomic E-state index is -4.01. The Morgan fingerprint density at radius 3 is 2.70 bits per heavy atom. The van der Waals surface area contributed by atoms with Crippen LogP contribution in [0.25, 0.3) is 0 Å². The largest absolute Gasteiger partial charge is 0.421 e. The van der Waals surface area contributed by atoms with E-state index in [0.29, 0.717) is 12.8 Å². The molecule has 3 atom stereocenters. The number of halogens is 2. The van der Waals surface area contributed by atoms with Crippen molar-refractivity contribution >= 4 is 27.5 Å². The third-order valence-electron chi connectivity index (χ3n) is 5.70. The van der Waals surface area contributed by atoms with Gasteiger partial charge < -0.3 is 15.0 Å². The molecule has 1 unspecified atom stereocenters. The smallest absolute Gasteiger partial charge is 0.410 e. The highest BCUT2D eigenvalue weighted by Gasteiger charge is 2.59. The van der Waals surface area contributed by atoms with E-state index >= 15 is 0 Å². The Morgan fingerprint density at radius 1 is 1.37 bits per heavy atom. The van der Waals surface area contributed by atoms with E-state index in [1.807, 2.05) is 12.1 Å². The Morgan fingerprint density at radius 2 is 2.10 bits per heavy atom. The van der Waals surface area contributed by atoms with Crippen LogP contribution in [0.2, 0.25) is 5.02 Å². The second-order valence-corrected chi connectivity index (χ2v) is 10.2. The van der Waals surface area contributed by atoms with Gasteiger partial charge in [0, 0.05) is 19.2 Å². The van der Waals surface area contributed by atoms with Crippen LogP contribution in [0.4, 0.5) is 9.18 Å². The van der Waals surface area contributed by atoms with Gasteiger partial charge in [-0.3, -0.25) is 0 Å². The first kappa shape index (κ1) is 20.5. The Balaban J connectivity index is 1.62. The second kappa shape index (κ2) is 6.86. The maximum Gasteiger partial charge on any atom is 0.410 e. The van der Waals surface area contributed by atoms with Gasteiger partial charge in [0.25, 0.3) is 0 Å². The second-order valence-electron chi connectivity index (χ2n) is 7.60. The van der Waals surface area contributed by atoms with Gasteiger partial charge in [0.1, 0.15) is 17.3 Å². The molecule has 1 N–H and O–H groups in total. The molecular weight excluding hydrogens is 435 g/mol. The minimum Gasteiger partial charge on any atom is -0.421 e. The van der Waals surface area contributed by atoms with E-state index in [1.54, 1.807) is 0 Å². The van der Waals surface area contributed by atoms with Gasteiger partial charge in [-0.2, -0.15) is 10.5 Å². The molecule has 0 aromatic heterocycles. The number of amides is 1. The maximum atomic E-state index is 13.4. The summed E-state index contributed by atoms with van der Waals surface area (Å²) in [5, 5.41) is 19.9. The number of nitrogens with one attached hydrogen (secondary N) is 1. The summed E-state index contributed by atoms with van der Waals surface area (Å²) in [5.74, 6) is -1.56. The average Bonchev–Trinajstić information content (AvgIpc) is 3.22. The average molecular weight is 451 g/mol. The summed E-state index contributed by atoms with van der Waals surface area (Å²) in [6.45, 7) is -0.0403. The van der Waals surface area contributed by atoms with Crippen LogP contribution < -0.4 is 5.32 Å². The minimum absolute atomic E-state index is 0.0403. The van der Waals surface area contributed by atoms with Crippen molar-refractivity contribution < 1.29 is 22.3 Å². The normalized spacial score (nSPS) is 28.3. The fourth-order valence-electron chi connectivity index (χ4n) is 3.89. The van der Waals surface area contributed by atoms with E-state index in [2.05, 4.69) is 5.32 Å². The van der Waals surface area contributed by atoms with Crippen LogP contribution in [0.1, 0.15) is 19.3 Å². The summed E-state index contributed by atoms with van der Waals surface area (Å²) in [4.78, 5) is 13.7. The van der Waals surface area contributed by atoms with Crippen LogP contribution in [0.3, 0.4) is 0 Å². The molecule has 4 rings (SSSR count). The van der Waals surface area contributed by atoms with E-state index in [4.69, 9.17) is 21.6 Å². The first-order valence-electron chi connectivity index (χ1n) is 9.12. The molecular formula is C19H16ClFN4O4S. The molecule has 0 spiro atoms. The van der Waals surface area contributed by atoms with Crippen molar-refractivity contribution in [2.75, 3.05) is 6.54 Å². The zero-order chi connectivity index (χ0) is 21.7. The number of rotatable bonds is 4. The number of hydrogen-bond acceptors (Lipinski definition) is 7. The predicted octanol–water partition coefficient (Wildman–Crippen LogP) is 2.47. The fraction of sp³-hybridized carbons (Fsp3) is 0.421. The molecule has 30 heavy (non-hydrogen) atoms. The summed E-state index contributed by atoms with van der Waals surface area (Å²) in [7, 11) is -4.01. The van der Waals surface area contributed by atoms with E-state index in [1.165, 1.54) is 17.2 Å². The third-order valence-corrected chi connectivity index (χ3v) is 8.29. The standard InChI is InChI=1S/C19H16ClFN4O4S/c20-15-7-13(21)1-2-16(15)30(27,28)14-8-19(12(9-22)3-6-25(19)10-14)29-17(26)24-18(11-23)4-5-18/h1-3,6-7,12,14H,4-5,8,10H2,(H,24,26)/t12?,14-,19+/m1/s1. The van der Waals surface area contributed by atoms with Crippen molar-refractivity contribution in [3.8, 4) is 12.1 Å². The Hall–Kier alpha value is -2.82. The van der Waals surface area contributed by atoms with Gasteiger partial charge in [-0.15, -0.1) is 0 Å². The Labute approximate surface area is 177 Å². The van der Waals surface area contributed by atoms with Crippen molar-refractivity contribution in [2.45, 2.75) is 40.7 Å². The van der Waals surface area contributed by atoms with Gasteiger partial charge in [-0.05, 0) is 37.1 Å². The first-order chi connectivity index (χ1) is 14.2. The van der Waals surface area contributed by atoms with Crippen molar-refractivity contribution in [3.05, 3.63) is 41.3 Å². The van der Waals surface area contributed by atoms with Crippen molar-refractivity contribution in [1.82, 2.24) is 10.2 Å². The molecule has 1 aromatic carbocycles. The molecule has 2 fully saturated rings. The van der Waals surface area contributed by atoms with Crippen LogP contribution >= 0.6 is 11.6 Å². The van der Waals surface area contributed by atoms with Crippen LogP contribution in [-0.2, 0) is 14.6 Å². The van der Waals surface area contributed by atoms with Crippen LogP contribution in [0.15, 0.2) is 35.4 Å². The van der Waals surface area contributed by atoms with Gasteiger partial charge >= 0.3 is 6.09 Å². The number of hydrogen-bond donors (Lipinski definition) is 1. The van der Waals surface area contributed by atoms with Gasteiger partial charge in [0.15, 0.2) is 9.84 Å². The van der Waals surface area contributed by atoms with Crippen LogP contribution in [-0.4, -0.2) is 42.5 Å². The lowest BCUT2D eigenvalue weighted by Crippen LogP contribution is -2.50. The quantitative estimate of drug-likeness (QED) is 0.699. The highest BCUT2D eigenvalue weighted by molar-refractivity contribution is 7.92. The number of carbonyl (C=O) groups excluding carboxylic acids is 1. The summed E-state index contributed by atoms with van der Waals surface area (Å²) >= 11 is 5.96. The highest BCUT2D eigenvalue weighted by atomic mass is 35.5. The molecule has 8 nitrogen and oxygen atoms in total. The van der Waals surface area contributed by atoms with Crippen molar-refractivity contribution in [3.63, 3.8) is 0 Å². The van der Waals surface area contributed by atoms with Crippen molar-refractivity contribution in [2.24, 2.45) is 5.92 Å². The summed E-state index contributed by atoms with van der Waals surface area (Å²) < 4.78 is 45.3. The molecule has 1 saturated heterocycles. The fourth-order valence-corrected chi connectivity index (χ4v) is 6.14. The number of benzene rings is 1. The SMILES string of the molecule is N#CC1C=CN2C[C@H](S(=O)(=O)c3ccc(F)cc3Cl)C[C@]12OC(=O)NC1(C#N)CC1. The molecule has 11 heteroatoms. The zero-order valence-corrected chi connectivity index (χ0v) is 17.1. The molecule has 0 radical (unpaired) electrons. The summed E-state index contributed by atoms with van der Waals surface area (Å²) in [5.41, 5.74) is -2.49. The number of sulfone groups is 1. The number of nitriles is 2. The molecule has 156 valence electrons. The molecule has 1 saturated carbocycles. The van der Waals surface area contributed by atoms with Gasteiger partial charge in [-0.25, -0.2) is 17.6 Å². The van der Waals surface area contributed by atoms with Gasteiger partial charge in [0.05, 0.1) is 27.3 Å². The maximum absolute atomic E-state index is 13.4. The zero-order valence-electron chi connectivity index (χ0n) is 15.5.